The molecule has 0 bridgehead atoms. The van der Waals surface area contributed by atoms with Crippen molar-refractivity contribution >= 4 is 17.1 Å². The van der Waals surface area contributed by atoms with Gasteiger partial charge >= 0.3 is 0 Å². The van der Waals surface area contributed by atoms with Crippen LogP contribution in [0.4, 0.5) is 0 Å². The lowest BCUT2D eigenvalue weighted by Gasteiger charge is -2.03. The zero-order valence-corrected chi connectivity index (χ0v) is 6.31. The van der Waals surface area contributed by atoms with Crippen LogP contribution in [-0.4, -0.2) is 28.3 Å². The summed E-state index contributed by atoms with van der Waals surface area (Å²) in [4.78, 5) is 0.627. The highest BCUT2D eigenvalue weighted by molar-refractivity contribution is 7.80. The number of aliphatic hydroxyl groups is 1. The third-order valence-corrected chi connectivity index (χ3v) is 2.13. The van der Waals surface area contributed by atoms with Crippen molar-refractivity contribution in [2.24, 2.45) is 0 Å². The maximum atomic E-state index is 9.17. The Morgan fingerprint density at radius 1 is 1.56 bits per heavy atom. The van der Waals surface area contributed by atoms with Gasteiger partial charge in [0, 0.05) is 0 Å². The first-order valence-electron chi connectivity index (χ1n) is 3.00. The molecule has 0 radical (unpaired) electrons. The summed E-state index contributed by atoms with van der Waals surface area (Å²) in [6.07, 6.45) is -0.701. The van der Waals surface area contributed by atoms with Gasteiger partial charge in [-0.1, -0.05) is 12.2 Å². The molecule has 3 heteroatoms. The summed E-state index contributed by atoms with van der Waals surface area (Å²) < 4.78 is 5.19. The van der Waals surface area contributed by atoms with Crippen LogP contribution in [0.5, 0.6) is 0 Å². The van der Waals surface area contributed by atoms with Crippen molar-refractivity contribution in [1.82, 2.24) is 0 Å². The van der Waals surface area contributed by atoms with Gasteiger partial charge in [0.05, 0.1) is 17.1 Å². The summed E-state index contributed by atoms with van der Waals surface area (Å²) in [7, 11) is 0. The molecule has 0 saturated carbocycles. The molecule has 1 N–H and O–H groups in total. The van der Waals surface area contributed by atoms with Crippen LogP contribution in [0.2, 0.25) is 0 Å². The van der Waals surface area contributed by atoms with Crippen LogP contribution < -0.4 is 0 Å². The molecule has 1 saturated heterocycles. The van der Waals surface area contributed by atoms with Crippen LogP contribution in [0.1, 0.15) is 13.8 Å². The van der Waals surface area contributed by atoms with Gasteiger partial charge in [0.25, 0.3) is 0 Å². The predicted molar refractivity (Wildman–Crippen MR) is 38.6 cm³/mol. The average molecular weight is 146 g/mol. The van der Waals surface area contributed by atoms with Gasteiger partial charge in [0.2, 0.25) is 0 Å². The summed E-state index contributed by atoms with van der Waals surface area (Å²) in [5, 5.41) is 9.17. The number of aliphatic hydroxyl groups excluding tert-OH is 1. The molecule has 52 valence electrons. The van der Waals surface area contributed by atoms with E-state index in [9.17, 15) is 5.11 Å². The topological polar surface area (TPSA) is 29.5 Å². The fraction of sp³-hybridized carbons (Fsp3) is 0.833. The van der Waals surface area contributed by atoms with Gasteiger partial charge in [-0.25, -0.2) is 0 Å². The second kappa shape index (κ2) is 2.33. The lowest BCUT2D eigenvalue weighted by atomic mass is 10.2. The maximum absolute atomic E-state index is 9.17. The molecular formula is C6H10O2S. The molecule has 1 heterocycles. The SMILES string of the molecule is CC1OC(C)C(O)C1=S. The van der Waals surface area contributed by atoms with Crippen molar-refractivity contribution in [2.45, 2.75) is 32.2 Å². The van der Waals surface area contributed by atoms with E-state index >= 15 is 0 Å². The van der Waals surface area contributed by atoms with E-state index in [4.69, 9.17) is 17.0 Å². The van der Waals surface area contributed by atoms with Gasteiger partial charge < -0.3 is 9.84 Å². The molecule has 1 fully saturated rings. The van der Waals surface area contributed by atoms with Gasteiger partial charge in [0.15, 0.2) is 0 Å². The van der Waals surface area contributed by atoms with Crippen LogP contribution >= 0.6 is 12.2 Å². The number of ether oxygens (including phenoxy) is 1. The Hall–Kier alpha value is 0.01000. The Morgan fingerprint density at radius 2 is 2.11 bits per heavy atom. The minimum absolute atomic E-state index is 0.0509. The van der Waals surface area contributed by atoms with Crippen LogP contribution in [0.25, 0.3) is 0 Å². The number of hydrogen-bond donors (Lipinski definition) is 1. The first-order chi connectivity index (χ1) is 4.13. The first kappa shape index (κ1) is 7.12. The average Bonchev–Trinajstić information content (AvgIpc) is 1.98. The van der Waals surface area contributed by atoms with Crippen LogP contribution in [0.15, 0.2) is 0 Å². The fourth-order valence-electron chi connectivity index (χ4n) is 0.935. The third kappa shape index (κ3) is 1.13. The largest absolute Gasteiger partial charge is 0.385 e. The van der Waals surface area contributed by atoms with Crippen molar-refractivity contribution in [3.05, 3.63) is 0 Å². The minimum Gasteiger partial charge on any atom is -0.385 e. The van der Waals surface area contributed by atoms with Gasteiger partial charge in [-0.15, -0.1) is 0 Å². The first-order valence-corrected chi connectivity index (χ1v) is 3.41. The van der Waals surface area contributed by atoms with Crippen LogP contribution in [0.3, 0.4) is 0 Å². The molecular weight excluding hydrogens is 136 g/mol. The normalized spacial score (nSPS) is 43.9. The highest BCUT2D eigenvalue weighted by atomic mass is 32.1. The molecule has 0 amide bonds. The molecule has 1 aliphatic rings. The van der Waals surface area contributed by atoms with Crippen LogP contribution in [-0.2, 0) is 4.74 Å². The van der Waals surface area contributed by atoms with E-state index in [0.29, 0.717) is 4.86 Å². The standard InChI is InChI=1S/C6H10O2S/c1-3-5(7)6(9)4(2)8-3/h3-5,7H,1-2H3. The maximum Gasteiger partial charge on any atom is 0.114 e. The van der Waals surface area contributed by atoms with Gasteiger partial charge in [-0.3, -0.25) is 0 Å². The Kier molecular flexibility index (Phi) is 1.84. The summed E-state index contributed by atoms with van der Waals surface area (Å²) >= 11 is 4.87. The summed E-state index contributed by atoms with van der Waals surface area (Å²) in [5.74, 6) is 0. The van der Waals surface area contributed by atoms with E-state index in [0.717, 1.165) is 0 Å². The highest BCUT2D eigenvalue weighted by Crippen LogP contribution is 2.16. The lowest BCUT2D eigenvalue weighted by Crippen LogP contribution is -2.23. The molecule has 3 unspecified atom stereocenters. The Labute approximate surface area is 59.8 Å². The third-order valence-electron chi connectivity index (χ3n) is 1.56. The molecule has 0 aromatic rings. The number of hydrogen-bond acceptors (Lipinski definition) is 3. The Bertz CT molecular complexity index is 135. The zero-order chi connectivity index (χ0) is 7.02. The predicted octanol–water partition coefficient (Wildman–Crippen LogP) is 0.524. The van der Waals surface area contributed by atoms with Gasteiger partial charge in [0.1, 0.15) is 6.10 Å². The van der Waals surface area contributed by atoms with E-state index < -0.39 is 6.10 Å². The van der Waals surface area contributed by atoms with E-state index in [1.807, 2.05) is 13.8 Å². The molecule has 0 aromatic heterocycles. The number of thiocarbonyl (C=S) groups is 1. The quantitative estimate of drug-likeness (QED) is 0.505. The summed E-state index contributed by atoms with van der Waals surface area (Å²) in [6.45, 7) is 3.68. The van der Waals surface area contributed by atoms with E-state index in [-0.39, 0.29) is 12.2 Å². The van der Waals surface area contributed by atoms with Crippen molar-refractivity contribution in [2.75, 3.05) is 0 Å². The highest BCUT2D eigenvalue weighted by Gasteiger charge is 2.32. The van der Waals surface area contributed by atoms with Crippen molar-refractivity contribution in [1.29, 1.82) is 0 Å². The molecule has 0 spiro atoms. The van der Waals surface area contributed by atoms with Gasteiger partial charge in [-0.05, 0) is 13.8 Å². The molecule has 1 aliphatic heterocycles. The van der Waals surface area contributed by atoms with Crippen molar-refractivity contribution in [3.63, 3.8) is 0 Å². The lowest BCUT2D eigenvalue weighted by molar-refractivity contribution is 0.0287. The van der Waals surface area contributed by atoms with E-state index in [1.165, 1.54) is 0 Å². The minimum atomic E-state index is -0.532. The molecule has 3 atom stereocenters. The molecule has 2 nitrogen and oxygen atoms in total. The second-order valence-corrected chi connectivity index (χ2v) is 2.80. The molecule has 0 aliphatic carbocycles. The zero-order valence-electron chi connectivity index (χ0n) is 5.50. The van der Waals surface area contributed by atoms with Crippen LogP contribution in [0, 0.1) is 0 Å². The van der Waals surface area contributed by atoms with Crippen molar-refractivity contribution < 1.29 is 9.84 Å². The second-order valence-electron chi connectivity index (χ2n) is 2.33. The van der Waals surface area contributed by atoms with E-state index in [1.54, 1.807) is 0 Å². The molecule has 9 heavy (non-hydrogen) atoms. The van der Waals surface area contributed by atoms with E-state index in [2.05, 4.69) is 0 Å². The summed E-state index contributed by atoms with van der Waals surface area (Å²) in [6, 6.07) is 0. The fourth-order valence-corrected chi connectivity index (χ4v) is 1.18. The summed E-state index contributed by atoms with van der Waals surface area (Å²) in [5.41, 5.74) is 0. The Balaban J connectivity index is 2.65. The Morgan fingerprint density at radius 3 is 2.22 bits per heavy atom. The molecule has 1 rings (SSSR count). The van der Waals surface area contributed by atoms with Crippen molar-refractivity contribution in [3.8, 4) is 0 Å². The molecule has 0 aromatic carbocycles. The monoisotopic (exact) mass is 146 g/mol. The van der Waals surface area contributed by atoms with Gasteiger partial charge in [-0.2, -0.15) is 0 Å². The smallest absolute Gasteiger partial charge is 0.114 e. The number of rotatable bonds is 0.